The molecule has 0 saturated heterocycles. The number of methoxy groups -OCH3 is 1. The van der Waals surface area contributed by atoms with Crippen molar-refractivity contribution in [1.82, 2.24) is 19.9 Å². The summed E-state index contributed by atoms with van der Waals surface area (Å²) >= 11 is 6.05. The molecule has 0 unspecified atom stereocenters. The van der Waals surface area contributed by atoms with E-state index in [0.29, 0.717) is 39.9 Å². The van der Waals surface area contributed by atoms with E-state index < -0.39 is 0 Å². The Morgan fingerprint density at radius 2 is 1.87 bits per heavy atom. The van der Waals surface area contributed by atoms with Crippen LogP contribution < -0.4 is 15.6 Å². The molecule has 2 aromatic carbocycles. The predicted octanol–water partition coefficient (Wildman–Crippen LogP) is 4.33. The number of hydrogen-bond acceptors (Lipinski definition) is 6. The van der Waals surface area contributed by atoms with E-state index in [4.69, 9.17) is 16.3 Å². The molecule has 152 valence electrons. The summed E-state index contributed by atoms with van der Waals surface area (Å²) in [6.07, 6.45) is 0.442. The van der Waals surface area contributed by atoms with Crippen LogP contribution in [0.2, 0.25) is 5.02 Å². The first-order valence-corrected chi connectivity index (χ1v) is 9.75. The zero-order chi connectivity index (χ0) is 21.3. The zero-order valence-corrected chi connectivity index (χ0v) is 17.5. The van der Waals surface area contributed by atoms with Crippen molar-refractivity contribution in [3.63, 3.8) is 0 Å². The number of aromatic nitrogens is 4. The van der Waals surface area contributed by atoms with Gasteiger partial charge in [-0.15, -0.1) is 0 Å². The summed E-state index contributed by atoms with van der Waals surface area (Å²) in [6.45, 7) is 3.69. The van der Waals surface area contributed by atoms with E-state index in [9.17, 15) is 4.79 Å². The summed E-state index contributed by atoms with van der Waals surface area (Å²) in [5, 5.41) is 4.53. The number of para-hydroxylation sites is 1. The molecule has 0 amide bonds. The molecule has 0 spiro atoms. The number of nitrogens with zero attached hydrogens (tertiary/aromatic N) is 3. The summed E-state index contributed by atoms with van der Waals surface area (Å²) in [4.78, 5) is 29.0. The SMILES string of the molecule is COc1cccc2c(C)nc(Nc3nc(C)c(Cc4cccc(Cl)c4)c(=O)[nH]3)nc12. The van der Waals surface area contributed by atoms with Crippen LogP contribution in [0.3, 0.4) is 0 Å². The molecule has 4 rings (SSSR count). The molecule has 30 heavy (non-hydrogen) atoms. The molecule has 0 aliphatic rings. The van der Waals surface area contributed by atoms with Crippen molar-refractivity contribution in [2.75, 3.05) is 12.4 Å². The molecule has 4 aromatic rings. The first-order valence-electron chi connectivity index (χ1n) is 9.37. The van der Waals surface area contributed by atoms with E-state index in [2.05, 4.69) is 25.3 Å². The molecule has 2 heterocycles. The average Bonchev–Trinajstić information content (AvgIpc) is 2.70. The second-order valence-corrected chi connectivity index (χ2v) is 7.34. The van der Waals surface area contributed by atoms with Gasteiger partial charge < -0.3 is 4.74 Å². The highest BCUT2D eigenvalue weighted by molar-refractivity contribution is 6.30. The number of H-pyrrole nitrogens is 1. The van der Waals surface area contributed by atoms with Crippen LogP contribution in [0.4, 0.5) is 11.9 Å². The van der Waals surface area contributed by atoms with Crippen LogP contribution in [-0.4, -0.2) is 27.0 Å². The molecule has 2 aromatic heterocycles. The van der Waals surface area contributed by atoms with E-state index in [-0.39, 0.29) is 11.5 Å². The highest BCUT2D eigenvalue weighted by Gasteiger charge is 2.13. The molecule has 2 N–H and O–H groups in total. The summed E-state index contributed by atoms with van der Waals surface area (Å²) in [6, 6.07) is 13.1. The minimum Gasteiger partial charge on any atom is -0.494 e. The second kappa shape index (κ2) is 8.12. The van der Waals surface area contributed by atoms with Crippen molar-refractivity contribution in [2.45, 2.75) is 20.3 Å². The lowest BCUT2D eigenvalue weighted by Gasteiger charge is -2.11. The van der Waals surface area contributed by atoms with Gasteiger partial charge in [-0.25, -0.2) is 15.0 Å². The third-order valence-electron chi connectivity index (χ3n) is 4.82. The number of benzene rings is 2. The number of aryl methyl sites for hydroxylation is 2. The van der Waals surface area contributed by atoms with Crippen molar-refractivity contribution in [1.29, 1.82) is 0 Å². The van der Waals surface area contributed by atoms with Crippen molar-refractivity contribution in [3.05, 3.63) is 80.4 Å². The van der Waals surface area contributed by atoms with E-state index in [1.165, 1.54) is 0 Å². The maximum absolute atomic E-state index is 12.7. The predicted molar refractivity (Wildman–Crippen MR) is 118 cm³/mol. The summed E-state index contributed by atoms with van der Waals surface area (Å²) < 4.78 is 5.41. The van der Waals surface area contributed by atoms with E-state index in [0.717, 1.165) is 16.6 Å². The minimum atomic E-state index is -0.222. The Balaban J connectivity index is 1.67. The topological polar surface area (TPSA) is 92.8 Å². The molecule has 0 saturated carbocycles. The van der Waals surface area contributed by atoms with Gasteiger partial charge in [-0.1, -0.05) is 35.9 Å². The lowest BCUT2D eigenvalue weighted by atomic mass is 10.1. The Kier molecular flexibility index (Phi) is 5.37. The number of nitrogens with one attached hydrogen (secondary N) is 2. The van der Waals surface area contributed by atoms with Crippen molar-refractivity contribution >= 4 is 34.4 Å². The number of anilines is 2. The number of aromatic amines is 1. The Hall–Kier alpha value is -3.45. The van der Waals surface area contributed by atoms with Crippen molar-refractivity contribution in [3.8, 4) is 5.75 Å². The lowest BCUT2D eigenvalue weighted by Crippen LogP contribution is -2.19. The van der Waals surface area contributed by atoms with Crippen molar-refractivity contribution in [2.24, 2.45) is 0 Å². The third-order valence-corrected chi connectivity index (χ3v) is 5.06. The number of hydrogen-bond donors (Lipinski definition) is 2. The summed E-state index contributed by atoms with van der Waals surface area (Å²) in [5.41, 5.74) is 3.40. The Morgan fingerprint density at radius 3 is 2.60 bits per heavy atom. The van der Waals surface area contributed by atoms with Crippen LogP contribution in [0.1, 0.15) is 22.5 Å². The number of rotatable bonds is 5. The number of ether oxygens (including phenoxy) is 1. The quantitative estimate of drug-likeness (QED) is 0.498. The van der Waals surface area contributed by atoms with Gasteiger partial charge in [0, 0.05) is 22.4 Å². The van der Waals surface area contributed by atoms with Gasteiger partial charge in [0.2, 0.25) is 11.9 Å². The van der Waals surface area contributed by atoms with E-state index >= 15 is 0 Å². The van der Waals surface area contributed by atoms with E-state index in [1.807, 2.05) is 43.3 Å². The second-order valence-electron chi connectivity index (χ2n) is 6.90. The summed E-state index contributed by atoms with van der Waals surface area (Å²) in [7, 11) is 1.60. The molecule has 0 atom stereocenters. The molecule has 0 bridgehead atoms. The molecule has 0 radical (unpaired) electrons. The lowest BCUT2D eigenvalue weighted by molar-refractivity contribution is 0.419. The van der Waals surface area contributed by atoms with E-state index in [1.54, 1.807) is 20.1 Å². The molecular weight excluding hydrogens is 402 g/mol. The van der Waals surface area contributed by atoms with Gasteiger partial charge in [0.05, 0.1) is 18.5 Å². The number of halogens is 1. The monoisotopic (exact) mass is 421 g/mol. The van der Waals surface area contributed by atoms with Gasteiger partial charge in [0.15, 0.2) is 0 Å². The third kappa shape index (κ3) is 3.97. The first kappa shape index (κ1) is 19.8. The normalized spacial score (nSPS) is 10.9. The molecular formula is C22H20ClN5O2. The van der Waals surface area contributed by atoms with Crippen LogP contribution in [0.5, 0.6) is 5.75 Å². The Morgan fingerprint density at radius 1 is 1.07 bits per heavy atom. The van der Waals surface area contributed by atoms with Crippen LogP contribution in [-0.2, 0) is 6.42 Å². The van der Waals surface area contributed by atoms with Crippen LogP contribution >= 0.6 is 11.6 Å². The highest BCUT2D eigenvalue weighted by atomic mass is 35.5. The largest absolute Gasteiger partial charge is 0.494 e. The maximum Gasteiger partial charge on any atom is 0.256 e. The molecule has 0 aliphatic carbocycles. The molecule has 0 aliphatic heterocycles. The molecule has 8 heteroatoms. The maximum atomic E-state index is 12.7. The fraction of sp³-hybridized carbons (Fsp3) is 0.182. The van der Waals surface area contributed by atoms with Gasteiger partial charge in [0.1, 0.15) is 11.3 Å². The van der Waals surface area contributed by atoms with Gasteiger partial charge in [-0.05, 0) is 37.6 Å². The first-order chi connectivity index (χ1) is 14.4. The van der Waals surface area contributed by atoms with Crippen LogP contribution in [0.15, 0.2) is 47.3 Å². The highest BCUT2D eigenvalue weighted by Crippen LogP contribution is 2.26. The minimum absolute atomic E-state index is 0.222. The molecule has 0 fully saturated rings. The number of fused-ring (bicyclic) bond motifs is 1. The van der Waals surface area contributed by atoms with Gasteiger partial charge >= 0.3 is 0 Å². The van der Waals surface area contributed by atoms with Crippen molar-refractivity contribution < 1.29 is 4.74 Å². The summed E-state index contributed by atoms with van der Waals surface area (Å²) in [5.74, 6) is 1.26. The van der Waals surface area contributed by atoms with Crippen LogP contribution in [0.25, 0.3) is 10.9 Å². The van der Waals surface area contributed by atoms with Gasteiger partial charge in [-0.3, -0.25) is 15.1 Å². The Labute approximate surface area is 178 Å². The Bertz CT molecular complexity index is 1300. The smallest absolute Gasteiger partial charge is 0.256 e. The standard InChI is InChI=1S/C22H20ClN5O2/c1-12-16-8-5-9-18(30-3)19(16)26-21(24-12)28-22-25-13(2)17(20(29)27-22)11-14-6-4-7-15(23)10-14/h4-10H,11H2,1-3H3,(H2,24,25,26,27,28,29). The van der Waals surface area contributed by atoms with Crippen LogP contribution in [0, 0.1) is 13.8 Å². The fourth-order valence-electron chi connectivity index (χ4n) is 3.33. The zero-order valence-electron chi connectivity index (χ0n) is 16.8. The van der Waals surface area contributed by atoms with Gasteiger partial charge in [0.25, 0.3) is 5.56 Å². The fourth-order valence-corrected chi connectivity index (χ4v) is 3.55. The average molecular weight is 422 g/mol. The molecule has 7 nitrogen and oxygen atoms in total. The van der Waals surface area contributed by atoms with Gasteiger partial charge in [-0.2, -0.15) is 0 Å².